The molecule has 1 amide bonds. The minimum atomic E-state index is -0.0767. The number of anilines is 1. The smallest absolute Gasteiger partial charge is 0.228 e. The first-order valence-electron chi connectivity index (χ1n) is 9.10. The molecule has 2 aromatic carbocycles. The van der Waals surface area contributed by atoms with Crippen LogP contribution in [0.4, 0.5) is 5.69 Å². The van der Waals surface area contributed by atoms with Gasteiger partial charge in [0.25, 0.3) is 0 Å². The molecule has 0 aliphatic heterocycles. The van der Waals surface area contributed by atoms with Crippen LogP contribution in [0.2, 0.25) is 5.02 Å². The molecule has 1 aliphatic rings. The summed E-state index contributed by atoms with van der Waals surface area (Å²) in [5, 5.41) is 7.00. The molecule has 0 aromatic heterocycles. The van der Waals surface area contributed by atoms with E-state index in [2.05, 4.69) is 17.2 Å². The van der Waals surface area contributed by atoms with Crippen molar-refractivity contribution in [1.82, 2.24) is 5.32 Å². The summed E-state index contributed by atoms with van der Waals surface area (Å²) < 4.78 is 0. The lowest BCUT2D eigenvalue weighted by atomic mass is 9.85. The summed E-state index contributed by atoms with van der Waals surface area (Å²) in [7, 11) is 0. The van der Waals surface area contributed by atoms with Gasteiger partial charge in [-0.2, -0.15) is 0 Å². The molecule has 26 heavy (non-hydrogen) atoms. The summed E-state index contributed by atoms with van der Waals surface area (Å²) in [6.07, 6.45) is 4.24. The maximum atomic E-state index is 12.3. The highest BCUT2D eigenvalue weighted by atomic mass is 35.5. The molecule has 0 unspecified atom stereocenters. The van der Waals surface area contributed by atoms with Gasteiger partial charge in [-0.1, -0.05) is 48.9 Å². The number of hydrogen-bond acceptors (Lipinski definition) is 2. The first-order chi connectivity index (χ1) is 12.5. The Morgan fingerprint density at radius 1 is 1.23 bits per heavy atom. The zero-order valence-electron chi connectivity index (χ0n) is 15.1. The zero-order chi connectivity index (χ0) is 18.5. The number of halogens is 1. The summed E-state index contributed by atoms with van der Waals surface area (Å²) in [6, 6.07) is 13.3. The number of nitrogens with one attached hydrogen (secondary N) is 2. The Bertz CT molecular complexity index is 812. The van der Waals surface area contributed by atoms with Gasteiger partial charge in [0.1, 0.15) is 0 Å². The summed E-state index contributed by atoms with van der Waals surface area (Å²) in [5.74, 6) is 0.711. The number of rotatable bonds is 7. The molecule has 0 heterocycles. The van der Waals surface area contributed by atoms with Gasteiger partial charge in [0.05, 0.1) is 6.42 Å². The number of carbonyl (C=O) groups excluding carboxylic acids is 1. The molecular weight excluding hydrogens is 344 g/mol. The molecule has 1 aliphatic carbocycles. The maximum absolute atomic E-state index is 12.3. The summed E-state index contributed by atoms with van der Waals surface area (Å²) in [6.45, 7) is 7.19. The van der Waals surface area contributed by atoms with Crippen LogP contribution in [0.25, 0.3) is 5.70 Å². The van der Waals surface area contributed by atoms with Crippen LogP contribution in [0, 0.1) is 12.8 Å². The van der Waals surface area contributed by atoms with E-state index in [0.717, 1.165) is 40.5 Å². The van der Waals surface area contributed by atoms with Gasteiger partial charge in [0.15, 0.2) is 0 Å². The fraction of sp³-hybridized carbons (Fsp3) is 0.318. The minimum absolute atomic E-state index is 0.0767. The van der Waals surface area contributed by atoms with Gasteiger partial charge in [0, 0.05) is 28.5 Å². The monoisotopic (exact) mass is 368 g/mol. The molecule has 4 heteroatoms. The van der Waals surface area contributed by atoms with Crippen molar-refractivity contribution >= 4 is 28.9 Å². The molecule has 0 atom stereocenters. The molecule has 3 rings (SSSR count). The topological polar surface area (TPSA) is 41.1 Å². The van der Waals surface area contributed by atoms with Crippen molar-refractivity contribution in [2.24, 2.45) is 5.92 Å². The van der Waals surface area contributed by atoms with E-state index in [1.54, 1.807) is 6.07 Å². The quantitative estimate of drug-likeness (QED) is 0.706. The lowest BCUT2D eigenvalue weighted by Gasteiger charge is -2.26. The normalized spacial score (nSPS) is 13.8. The highest BCUT2D eigenvalue weighted by Crippen LogP contribution is 2.27. The Morgan fingerprint density at radius 3 is 2.65 bits per heavy atom. The first-order valence-corrected chi connectivity index (χ1v) is 9.48. The van der Waals surface area contributed by atoms with Gasteiger partial charge in [-0.25, -0.2) is 0 Å². The molecule has 1 saturated carbocycles. The van der Waals surface area contributed by atoms with Crippen LogP contribution >= 0.6 is 11.6 Å². The number of hydrogen-bond donors (Lipinski definition) is 2. The fourth-order valence-corrected chi connectivity index (χ4v) is 3.36. The second-order valence-corrected chi connectivity index (χ2v) is 7.41. The largest absolute Gasteiger partial charge is 0.385 e. The van der Waals surface area contributed by atoms with Crippen molar-refractivity contribution in [2.75, 3.05) is 11.9 Å². The summed E-state index contributed by atoms with van der Waals surface area (Å²) in [4.78, 5) is 12.3. The Kier molecular flexibility index (Phi) is 6.00. The summed E-state index contributed by atoms with van der Waals surface area (Å²) in [5.41, 5.74) is 4.74. The van der Waals surface area contributed by atoms with Crippen molar-refractivity contribution in [3.63, 3.8) is 0 Å². The molecule has 0 radical (unpaired) electrons. The minimum Gasteiger partial charge on any atom is -0.385 e. The van der Waals surface area contributed by atoms with E-state index in [9.17, 15) is 4.79 Å². The van der Waals surface area contributed by atoms with Gasteiger partial charge in [-0.3, -0.25) is 4.79 Å². The Labute approximate surface area is 160 Å². The number of benzene rings is 2. The molecular formula is C22H25ClN2O. The van der Waals surface area contributed by atoms with Crippen molar-refractivity contribution in [3.8, 4) is 0 Å². The van der Waals surface area contributed by atoms with Crippen LogP contribution in [-0.2, 0) is 11.2 Å². The number of aryl methyl sites for hydroxylation is 1. The average molecular weight is 369 g/mol. The van der Waals surface area contributed by atoms with E-state index in [4.69, 9.17) is 11.6 Å². The van der Waals surface area contributed by atoms with E-state index in [-0.39, 0.29) is 12.3 Å². The molecule has 0 spiro atoms. The van der Waals surface area contributed by atoms with E-state index in [1.165, 1.54) is 19.3 Å². The molecule has 1 fully saturated rings. The lowest BCUT2D eigenvalue weighted by molar-refractivity contribution is -0.115. The molecule has 2 N–H and O–H groups in total. The van der Waals surface area contributed by atoms with Crippen molar-refractivity contribution in [1.29, 1.82) is 0 Å². The molecule has 3 nitrogen and oxygen atoms in total. The van der Waals surface area contributed by atoms with Crippen LogP contribution in [0.3, 0.4) is 0 Å². The average Bonchev–Trinajstić information content (AvgIpc) is 2.55. The third-order valence-corrected chi connectivity index (χ3v) is 5.34. The lowest BCUT2D eigenvalue weighted by Crippen LogP contribution is -2.26. The van der Waals surface area contributed by atoms with E-state index >= 15 is 0 Å². The molecule has 0 saturated heterocycles. The van der Waals surface area contributed by atoms with Gasteiger partial charge in [-0.05, 0) is 55.0 Å². The highest BCUT2D eigenvalue weighted by molar-refractivity contribution is 6.31. The van der Waals surface area contributed by atoms with Crippen molar-refractivity contribution in [2.45, 2.75) is 32.6 Å². The van der Waals surface area contributed by atoms with E-state index in [1.807, 2.05) is 43.3 Å². The Balaban J connectivity index is 1.58. The number of amides is 1. The Hall–Kier alpha value is -2.26. The first kappa shape index (κ1) is 18.5. The third kappa shape index (κ3) is 4.67. The standard InChI is InChI=1S/C22H25ClN2O/c1-15-12-19(25-22(26)13-18-8-3-4-9-21(18)23)10-11-20(15)16(2)24-14-17-6-5-7-17/h3-4,8-12,17,24H,2,5-7,13-14H2,1H3,(H,25,26). The maximum Gasteiger partial charge on any atom is 0.228 e. The molecule has 2 aromatic rings. The second kappa shape index (κ2) is 8.41. The SMILES string of the molecule is C=C(NCC1CCC1)c1ccc(NC(=O)Cc2ccccc2Cl)cc1C. The van der Waals surface area contributed by atoms with Crippen molar-refractivity contribution < 1.29 is 4.79 Å². The van der Waals surface area contributed by atoms with Gasteiger partial charge >= 0.3 is 0 Å². The van der Waals surface area contributed by atoms with Crippen molar-refractivity contribution in [3.05, 3.63) is 70.8 Å². The van der Waals surface area contributed by atoms with Crippen LogP contribution in [0.1, 0.15) is 36.0 Å². The second-order valence-electron chi connectivity index (χ2n) is 7.00. The zero-order valence-corrected chi connectivity index (χ0v) is 15.9. The van der Waals surface area contributed by atoms with Gasteiger partial charge < -0.3 is 10.6 Å². The predicted molar refractivity (Wildman–Crippen MR) is 109 cm³/mol. The molecule has 136 valence electrons. The van der Waals surface area contributed by atoms with E-state index in [0.29, 0.717) is 5.02 Å². The van der Waals surface area contributed by atoms with Crippen LogP contribution in [0.5, 0.6) is 0 Å². The summed E-state index contributed by atoms with van der Waals surface area (Å²) >= 11 is 6.12. The van der Waals surface area contributed by atoms with Crippen LogP contribution < -0.4 is 10.6 Å². The van der Waals surface area contributed by atoms with Crippen LogP contribution in [0.15, 0.2) is 49.0 Å². The third-order valence-electron chi connectivity index (χ3n) is 4.97. The van der Waals surface area contributed by atoms with Gasteiger partial charge in [-0.15, -0.1) is 0 Å². The molecule has 0 bridgehead atoms. The number of carbonyl (C=O) groups is 1. The van der Waals surface area contributed by atoms with E-state index < -0.39 is 0 Å². The van der Waals surface area contributed by atoms with Crippen LogP contribution in [-0.4, -0.2) is 12.5 Å². The highest BCUT2D eigenvalue weighted by Gasteiger charge is 2.17. The fourth-order valence-electron chi connectivity index (χ4n) is 3.16. The Morgan fingerprint density at radius 2 is 2.00 bits per heavy atom. The predicted octanol–water partition coefficient (Wildman–Crippen LogP) is 5.19. The van der Waals surface area contributed by atoms with Gasteiger partial charge in [0.2, 0.25) is 5.91 Å².